The minimum absolute atomic E-state index is 0.0884. The van der Waals surface area contributed by atoms with Crippen LogP contribution in [0.15, 0.2) is 12.2 Å². The Morgan fingerprint density at radius 2 is 0.935 bits per heavy atom. The van der Waals surface area contributed by atoms with E-state index < -0.39 is 17.9 Å². The van der Waals surface area contributed by atoms with Gasteiger partial charge in [0.2, 0.25) is 0 Å². The molecule has 0 saturated heterocycles. The summed E-state index contributed by atoms with van der Waals surface area (Å²) in [5, 5.41) is 27.0. The van der Waals surface area contributed by atoms with Gasteiger partial charge in [-0.3, -0.25) is 14.4 Å². The topological polar surface area (TPSA) is 112 Å². The maximum atomic E-state index is 11.0. The van der Waals surface area contributed by atoms with E-state index in [0.717, 1.165) is 25.8 Å². The smallest absolute Gasteiger partial charge is 0.303 e. The van der Waals surface area contributed by atoms with Gasteiger partial charge in [0, 0.05) is 19.3 Å². The molecule has 0 aliphatic rings. The zero-order valence-electron chi connectivity index (χ0n) is 19.4. The maximum absolute atomic E-state index is 11.0. The van der Waals surface area contributed by atoms with Crippen molar-refractivity contribution in [2.75, 3.05) is 26.2 Å². The van der Waals surface area contributed by atoms with Crippen molar-refractivity contribution in [3.05, 3.63) is 12.2 Å². The minimum Gasteiger partial charge on any atom is -0.481 e. The van der Waals surface area contributed by atoms with Crippen molar-refractivity contribution < 1.29 is 34.2 Å². The molecule has 0 fully saturated rings. The molecule has 0 heterocycles. The fraction of sp³-hybridized carbons (Fsp3) is 0.792. The Morgan fingerprint density at radius 1 is 0.581 bits per heavy atom. The van der Waals surface area contributed by atoms with Gasteiger partial charge in [-0.1, -0.05) is 37.8 Å². The summed E-state index contributed by atoms with van der Waals surface area (Å²) in [7, 11) is 0. The number of carboxylic acids is 3. The third kappa shape index (κ3) is 18.6. The second-order valence-corrected chi connectivity index (χ2v) is 8.56. The van der Waals surface area contributed by atoms with E-state index in [0.29, 0.717) is 43.4 Å². The van der Waals surface area contributed by atoms with Crippen LogP contribution in [0.3, 0.4) is 0 Å². The highest BCUT2D eigenvalue weighted by Gasteiger charge is 2.27. The lowest BCUT2D eigenvalue weighted by Crippen LogP contribution is -2.51. The molecule has 0 unspecified atom stereocenters. The number of hydrogen-bond acceptors (Lipinski definition) is 3. The van der Waals surface area contributed by atoms with Crippen LogP contribution in [0, 0.1) is 0 Å². The molecule has 0 radical (unpaired) electrons. The Morgan fingerprint density at radius 3 is 1.32 bits per heavy atom. The second-order valence-electron chi connectivity index (χ2n) is 8.56. The zero-order valence-corrected chi connectivity index (χ0v) is 19.4. The number of allylic oxidation sites excluding steroid dienone is 2. The predicted molar refractivity (Wildman–Crippen MR) is 122 cm³/mol. The van der Waals surface area contributed by atoms with Gasteiger partial charge in [0.25, 0.3) is 0 Å². The van der Waals surface area contributed by atoms with Gasteiger partial charge in [-0.25, -0.2) is 0 Å². The van der Waals surface area contributed by atoms with Crippen LogP contribution in [-0.2, 0) is 14.4 Å². The third-order valence-corrected chi connectivity index (χ3v) is 5.81. The van der Waals surface area contributed by atoms with E-state index in [9.17, 15) is 14.4 Å². The maximum Gasteiger partial charge on any atom is 0.303 e. The van der Waals surface area contributed by atoms with Crippen LogP contribution in [-0.4, -0.2) is 63.9 Å². The van der Waals surface area contributed by atoms with E-state index in [2.05, 4.69) is 12.2 Å². The van der Waals surface area contributed by atoms with Gasteiger partial charge in [0.15, 0.2) is 0 Å². The molecule has 0 rings (SSSR count). The molecule has 0 aliphatic carbocycles. The first-order valence-electron chi connectivity index (χ1n) is 11.9. The molecule has 0 aromatic rings. The molecule has 0 aromatic heterocycles. The van der Waals surface area contributed by atoms with Crippen LogP contribution in [0.4, 0.5) is 0 Å². The third-order valence-electron chi connectivity index (χ3n) is 5.81. The highest BCUT2D eigenvalue weighted by molar-refractivity contribution is 5.67. The number of hydrogen-bond donors (Lipinski definition) is 3. The van der Waals surface area contributed by atoms with Gasteiger partial charge in [0.1, 0.15) is 0 Å². The van der Waals surface area contributed by atoms with E-state index in [4.69, 9.17) is 15.3 Å². The first-order valence-corrected chi connectivity index (χ1v) is 11.9. The Labute approximate surface area is 187 Å². The first kappa shape index (κ1) is 29.1. The average molecular weight is 443 g/mol. The van der Waals surface area contributed by atoms with Crippen LogP contribution in [0.5, 0.6) is 0 Å². The van der Waals surface area contributed by atoms with Crippen LogP contribution >= 0.6 is 0 Å². The number of rotatable bonds is 22. The molecule has 7 nitrogen and oxygen atoms in total. The molecule has 0 spiro atoms. The number of aliphatic carboxylic acids is 3. The summed E-state index contributed by atoms with van der Waals surface area (Å²) >= 11 is 0. The van der Waals surface area contributed by atoms with Gasteiger partial charge in [0.05, 0.1) is 45.4 Å². The first-order chi connectivity index (χ1) is 14.8. The van der Waals surface area contributed by atoms with E-state index in [1.165, 1.54) is 32.1 Å². The Bertz CT molecular complexity index is 482. The van der Waals surface area contributed by atoms with Gasteiger partial charge < -0.3 is 19.8 Å². The van der Waals surface area contributed by atoms with E-state index in [1.54, 1.807) is 0 Å². The largest absolute Gasteiger partial charge is 0.481 e. The molecular weight excluding hydrogens is 398 g/mol. The molecule has 0 aromatic carbocycles. The molecule has 7 heteroatoms. The lowest BCUT2D eigenvalue weighted by molar-refractivity contribution is -0.929. The van der Waals surface area contributed by atoms with E-state index in [1.807, 2.05) is 6.92 Å². The minimum atomic E-state index is -0.830. The Hall–Kier alpha value is -1.89. The molecule has 180 valence electrons. The summed E-state index contributed by atoms with van der Waals surface area (Å²) in [5.74, 6) is -2.49. The van der Waals surface area contributed by atoms with Crippen molar-refractivity contribution in [1.82, 2.24) is 0 Å². The molecule has 0 atom stereocenters. The second kappa shape index (κ2) is 18.8. The number of nitrogens with zero attached hydrogens (tertiary/aromatic N) is 1. The lowest BCUT2D eigenvalue weighted by atomic mass is 10.1. The van der Waals surface area contributed by atoms with Crippen molar-refractivity contribution in [2.45, 2.75) is 96.8 Å². The lowest BCUT2D eigenvalue weighted by Gasteiger charge is -2.39. The van der Waals surface area contributed by atoms with E-state index >= 15 is 0 Å². The summed E-state index contributed by atoms with van der Waals surface area (Å²) < 4.78 is 0.636. The molecule has 31 heavy (non-hydrogen) atoms. The van der Waals surface area contributed by atoms with E-state index in [-0.39, 0.29) is 19.3 Å². The van der Waals surface area contributed by atoms with Crippen LogP contribution in [0.1, 0.15) is 96.8 Å². The molecule has 0 amide bonds. The van der Waals surface area contributed by atoms with Crippen molar-refractivity contribution in [2.24, 2.45) is 0 Å². The van der Waals surface area contributed by atoms with Crippen molar-refractivity contribution >= 4 is 17.9 Å². The summed E-state index contributed by atoms with van der Waals surface area (Å²) in [5.41, 5.74) is 0. The number of carboxylic acid groups (broad SMARTS) is 3. The SMILES string of the molecule is C/C=C/CCCCCCCCC[N+](CCCC(=O)O)(CCCC(=O)O)CCCC(=O)O. The monoisotopic (exact) mass is 442 g/mol. The fourth-order valence-corrected chi connectivity index (χ4v) is 4.13. The summed E-state index contributed by atoms with van der Waals surface area (Å²) in [4.78, 5) is 32.9. The van der Waals surface area contributed by atoms with Crippen molar-refractivity contribution in [1.29, 1.82) is 0 Å². The van der Waals surface area contributed by atoms with Gasteiger partial charge in [-0.15, -0.1) is 0 Å². The summed E-state index contributed by atoms with van der Waals surface area (Å²) in [6.07, 6.45) is 15.5. The van der Waals surface area contributed by atoms with Gasteiger partial charge in [-0.2, -0.15) is 0 Å². The van der Waals surface area contributed by atoms with Crippen molar-refractivity contribution in [3.8, 4) is 0 Å². The Kier molecular flexibility index (Phi) is 17.7. The molecule has 3 N–H and O–H groups in total. The van der Waals surface area contributed by atoms with Crippen LogP contribution in [0.25, 0.3) is 0 Å². The summed E-state index contributed by atoms with van der Waals surface area (Å²) in [6.45, 7) is 4.90. The fourth-order valence-electron chi connectivity index (χ4n) is 4.13. The van der Waals surface area contributed by atoms with Crippen LogP contribution in [0.2, 0.25) is 0 Å². The quantitative estimate of drug-likeness (QED) is 0.122. The summed E-state index contributed by atoms with van der Waals surface area (Å²) in [6, 6.07) is 0. The number of carbonyl (C=O) groups is 3. The highest BCUT2D eigenvalue weighted by atomic mass is 16.4. The Balaban J connectivity index is 4.63. The zero-order chi connectivity index (χ0) is 23.4. The highest BCUT2D eigenvalue weighted by Crippen LogP contribution is 2.18. The number of quaternary nitrogens is 1. The average Bonchev–Trinajstić information content (AvgIpc) is 2.68. The number of unbranched alkanes of at least 4 members (excludes halogenated alkanes) is 7. The molecule has 0 saturated carbocycles. The predicted octanol–water partition coefficient (Wildman–Crippen LogP) is 5.09. The standard InChI is InChI=1S/C24H43NO6/c1-2-3-4-5-6-7-8-9-10-11-18-25(19-12-15-22(26)27,20-13-16-23(28)29)21-14-17-24(30)31/h2-3H,4-21H2,1H3,(H2-,26,27,28,29,30,31)/p+1/b3-2+. The molecule has 0 aliphatic heterocycles. The molecule has 0 bridgehead atoms. The molecular formula is C24H44NO6+. The van der Waals surface area contributed by atoms with Gasteiger partial charge >= 0.3 is 17.9 Å². The van der Waals surface area contributed by atoms with Crippen molar-refractivity contribution in [3.63, 3.8) is 0 Å². The van der Waals surface area contributed by atoms with Crippen LogP contribution < -0.4 is 0 Å². The normalized spacial score (nSPS) is 11.8. The van der Waals surface area contributed by atoms with Gasteiger partial charge in [-0.05, 0) is 32.6 Å².